The van der Waals surface area contributed by atoms with Gasteiger partial charge in [0.1, 0.15) is 5.82 Å². The third kappa shape index (κ3) is 5.12. The Bertz CT molecular complexity index is 1010. The lowest BCUT2D eigenvalue weighted by molar-refractivity contribution is 0.206. The van der Waals surface area contributed by atoms with Crippen molar-refractivity contribution in [3.8, 4) is 0 Å². The molecule has 148 valence electrons. The van der Waals surface area contributed by atoms with Crippen molar-refractivity contribution in [2.24, 2.45) is 0 Å². The summed E-state index contributed by atoms with van der Waals surface area (Å²) in [6, 6.07) is 14.1. The minimum atomic E-state index is -0.287. The number of hydrogen-bond acceptors (Lipinski definition) is 4. The van der Waals surface area contributed by atoms with Gasteiger partial charge in [-0.2, -0.15) is 0 Å². The first kappa shape index (κ1) is 19.4. The van der Waals surface area contributed by atoms with Gasteiger partial charge >= 0.3 is 6.03 Å². The molecule has 0 spiro atoms. The molecule has 0 aliphatic heterocycles. The molecule has 1 aliphatic rings. The molecule has 0 unspecified atom stereocenters. The summed E-state index contributed by atoms with van der Waals surface area (Å²) in [5.74, 6) is -0.287. The Hall–Kier alpha value is -2.93. The maximum atomic E-state index is 13.5. The Labute approximate surface area is 173 Å². The second-order valence-corrected chi connectivity index (χ2v) is 8.07. The third-order valence-corrected chi connectivity index (χ3v) is 5.56. The normalized spacial score (nSPS) is 13.2. The molecule has 1 N–H and O–H groups in total. The van der Waals surface area contributed by atoms with Crippen LogP contribution in [-0.4, -0.2) is 26.9 Å². The van der Waals surface area contributed by atoms with E-state index in [4.69, 9.17) is 0 Å². The number of halogens is 1. The number of aromatic nitrogens is 2. The number of carbonyl (C=O) groups is 1. The minimum absolute atomic E-state index is 0.161. The van der Waals surface area contributed by atoms with Gasteiger partial charge in [-0.3, -0.25) is 0 Å². The van der Waals surface area contributed by atoms with Crippen LogP contribution in [0.15, 0.2) is 71.0 Å². The van der Waals surface area contributed by atoms with Crippen molar-refractivity contribution in [1.29, 1.82) is 0 Å². The summed E-state index contributed by atoms with van der Waals surface area (Å²) in [6.07, 6.45) is 5.38. The fraction of sp³-hybridized carbons (Fsp3) is 0.227. The molecule has 1 saturated carbocycles. The molecule has 2 aromatic carbocycles. The van der Waals surface area contributed by atoms with Gasteiger partial charge in [-0.25, -0.2) is 19.2 Å². The molecule has 1 aromatic heterocycles. The molecule has 0 atom stereocenters. The van der Waals surface area contributed by atoms with E-state index >= 15 is 0 Å². The summed E-state index contributed by atoms with van der Waals surface area (Å²) in [5.41, 5.74) is 2.51. The molecular weight excluding hydrogens is 387 g/mol. The molecule has 5 nitrogen and oxygen atoms in total. The van der Waals surface area contributed by atoms with E-state index < -0.39 is 0 Å². The molecule has 0 bridgehead atoms. The SMILES string of the molecule is Cc1cc(Sc2ncccn2)ccc1NC(=O)N(Cc1cccc(F)c1)C1CC1. The van der Waals surface area contributed by atoms with Crippen LogP contribution in [0, 0.1) is 12.7 Å². The summed E-state index contributed by atoms with van der Waals surface area (Å²) < 4.78 is 13.5. The van der Waals surface area contributed by atoms with Crippen LogP contribution in [0.5, 0.6) is 0 Å². The zero-order valence-electron chi connectivity index (χ0n) is 16.0. The van der Waals surface area contributed by atoms with Gasteiger partial charge < -0.3 is 10.2 Å². The number of hydrogen-bond donors (Lipinski definition) is 1. The van der Waals surface area contributed by atoms with E-state index in [0.29, 0.717) is 11.7 Å². The van der Waals surface area contributed by atoms with Gasteiger partial charge in [0.25, 0.3) is 0 Å². The standard InChI is InChI=1S/C22H21FN4OS/c1-15-12-19(29-21-24-10-3-11-25-21)8-9-20(15)26-22(28)27(18-6-7-18)14-16-4-2-5-17(23)13-16/h2-5,8-13,18H,6-7,14H2,1H3,(H,26,28). The van der Waals surface area contributed by atoms with Crippen molar-refractivity contribution in [3.05, 3.63) is 77.9 Å². The van der Waals surface area contributed by atoms with Crippen LogP contribution in [-0.2, 0) is 6.54 Å². The average Bonchev–Trinajstić information content (AvgIpc) is 3.54. The number of benzene rings is 2. The van der Waals surface area contributed by atoms with E-state index in [0.717, 1.165) is 34.6 Å². The molecule has 1 aliphatic carbocycles. The smallest absolute Gasteiger partial charge is 0.317 e. The van der Waals surface area contributed by atoms with E-state index in [9.17, 15) is 9.18 Å². The molecule has 0 radical (unpaired) electrons. The Morgan fingerprint density at radius 3 is 2.66 bits per heavy atom. The predicted molar refractivity (Wildman–Crippen MR) is 111 cm³/mol. The third-order valence-electron chi connectivity index (χ3n) is 4.68. The van der Waals surface area contributed by atoms with Crippen molar-refractivity contribution in [2.75, 3.05) is 5.32 Å². The summed E-state index contributed by atoms with van der Waals surface area (Å²) in [6.45, 7) is 2.35. The summed E-state index contributed by atoms with van der Waals surface area (Å²) >= 11 is 1.47. The van der Waals surface area contributed by atoms with E-state index in [-0.39, 0.29) is 17.9 Å². The van der Waals surface area contributed by atoms with Crippen molar-refractivity contribution < 1.29 is 9.18 Å². The van der Waals surface area contributed by atoms with Crippen LogP contribution in [0.4, 0.5) is 14.9 Å². The molecule has 1 heterocycles. The predicted octanol–water partition coefficient (Wildman–Crippen LogP) is 5.27. The fourth-order valence-electron chi connectivity index (χ4n) is 3.06. The van der Waals surface area contributed by atoms with Gasteiger partial charge in [0.15, 0.2) is 5.16 Å². The lowest BCUT2D eigenvalue weighted by atomic mass is 10.2. The van der Waals surface area contributed by atoms with Crippen molar-refractivity contribution in [1.82, 2.24) is 14.9 Å². The molecule has 7 heteroatoms. The number of aryl methyl sites for hydroxylation is 1. The Balaban J connectivity index is 1.45. The molecule has 3 aromatic rings. The van der Waals surface area contributed by atoms with Gasteiger partial charge in [-0.1, -0.05) is 12.1 Å². The fourth-order valence-corrected chi connectivity index (χ4v) is 3.87. The summed E-state index contributed by atoms with van der Waals surface area (Å²) in [4.78, 5) is 24.1. The highest BCUT2D eigenvalue weighted by Crippen LogP contribution is 2.31. The van der Waals surface area contributed by atoms with Gasteiger partial charge in [0.2, 0.25) is 0 Å². The molecule has 4 rings (SSSR count). The van der Waals surface area contributed by atoms with Gasteiger partial charge in [-0.05, 0) is 79.1 Å². The highest BCUT2D eigenvalue weighted by atomic mass is 32.2. The lowest BCUT2D eigenvalue weighted by Crippen LogP contribution is -2.36. The first-order valence-corrected chi connectivity index (χ1v) is 10.3. The average molecular weight is 409 g/mol. The molecular formula is C22H21FN4OS. The van der Waals surface area contributed by atoms with Crippen molar-refractivity contribution >= 4 is 23.5 Å². The lowest BCUT2D eigenvalue weighted by Gasteiger charge is -2.23. The quantitative estimate of drug-likeness (QED) is 0.565. The Morgan fingerprint density at radius 1 is 1.17 bits per heavy atom. The summed E-state index contributed by atoms with van der Waals surface area (Å²) in [5, 5.41) is 3.69. The minimum Gasteiger partial charge on any atom is -0.317 e. The maximum Gasteiger partial charge on any atom is 0.322 e. The Morgan fingerprint density at radius 2 is 1.97 bits per heavy atom. The molecule has 1 fully saturated rings. The highest BCUT2D eigenvalue weighted by molar-refractivity contribution is 7.99. The number of rotatable bonds is 6. The topological polar surface area (TPSA) is 58.1 Å². The zero-order valence-corrected chi connectivity index (χ0v) is 16.8. The van der Waals surface area contributed by atoms with Crippen LogP contribution in [0.2, 0.25) is 0 Å². The van der Waals surface area contributed by atoms with Crippen molar-refractivity contribution in [2.45, 2.75) is 42.4 Å². The van der Waals surface area contributed by atoms with Crippen molar-refractivity contribution in [3.63, 3.8) is 0 Å². The number of amides is 2. The van der Waals surface area contributed by atoms with Crippen LogP contribution in [0.1, 0.15) is 24.0 Å². The number of nitrogens with zero attached hydrogens (tertiary/aromatic N) is 3. The van der Waals surface area contributed by atoms with E-state index in [1.807, 2.05) is 31.2 Å². The second kappa shape index (κ2) is 8.61. The highest BCUT2D eigenvalue weighted by Gasteiger charge is 2.32. The first-order chi connectivity index (χ1) is 14.1. The number of urea groups is 1. The van der Waals surface area contributed by atoms with Crippen LogP contribution < -0.4 is 5.32 Å². The first-order valence-electron chi connectivity index (χ1n) is 9.46. The van der Waals surface area contributed by atoms with E-state index in [1.165, 1.54) is 23.9 Å². The van der Waals surface area contributed by atoms with E-state index in [1.54, 1.807) is 29.4 Å². The monoisotopic (exact) mass is 408 g/mol. The number of anilines is 1. The van der Waals surface area contributed by atoms with Gasteiger partial charge in [0.05, 0.1) is 0 Å². The second-order valence-electron chi connectivity index (χ2n) is 7.03. The van der Waals surface area contributed by atoms with E-state index in [2.05, 4.69) is 15.3 Å². The molecule has 29 heavy (non-hydrogen) atoms. The van der Waals surface area contributed by atoms with Crippen LogP contribution in [0.25, 0.3) is 0 Å². The Kier molecular flexibility index (Phi) is 5.76. The largest absolute Gasteiger partial charge is 0.322 e. The molecule has 0 saturated heterocycles. The zero-order chi connectivity index (χ0) is 20.2. The number of nitrogens with one attached hydrogen (secondary N) is 1. The van der Waals surface area contributed by atoms with Crippen LogP contribution in [0.3, 0.4) is 0 Å². The van der Waals surface area contributed by atoms with Gasteiger partial charge in [-0.15, -0.1) is 0 Å². The van der Waals surface area contributed by atoms with Gasteiger partial charge in [0, 0.05) is 35.6 Å². The molecule has 2 amide bonds. The maximum absolute atomic E-state index is 13.5. The van der Waals surface area contributed by atoms with Crippen LogP contribution >= 0.6 is 11.8 Å². The summed E-state index contributed by atoms with van der Waals surface area (Å²) in [7, 11) is 0. The number of carbonyl (C=O) groups excluding carboxylic acids is 1.